The fourth-order valence-electron chi connectivity index (χ4n) is 2.78. The van der Waals surface area contributed by atoms with Crippen molar-refractivity contribution in [2.75, 3.05) is 38.7 Å². The van der Waals surface area contributed by atoms with Crippen molar-refractivity contribution in [3.63, 3.8) is 0 Å². The molecule has 1 saturated heterocycles. The van der Waals surface area contributed by atoms with E-state index in [0.717, 1.165) is 31.1 Å². The van der Waals surface area contributed by atoms with E-state index in [9.17, 15) is 4.79 Å². The Bertz CT molecular complexity index is 474. The second-order valence-electron chi connectivity index (χ2n) is 5.31. The van der Waals surface area contributed by atoms with Crippen LogP contribution in [0.1, 0.15) is 28.9 Å². The third kappa shape index (κ3) is 3.28. The van der Waals surface area contributed by atoms with Gasteiger partial charge in [0.15, 0.2) is 0 Å². The molecule has 20 heavy (non-hydrogen) atoms. The van der Waals surface area contributed by atoms with Gasteiger partial charge in [0.25, 0.3) is 0 Å². The monoisotopic (exact) mass is 277 g/mol. The van der Waals surface area contributed by atoms with Crippen molar-refractivity contribution in [2.24, 2.45) is 5.92 Å². The Morgan fingerprint density at radius 3 is 3.00 bits per heavy atom. The van der Waals surface area contributed by atoms with Crippen LogP contribution in [0.2, 0.25) is 0 Å². The number of ether oxygens (including phenoxy) is 1. The van der Waals surface area contributed by atoms with Crippen LogP contribution in [-0.2, 0) is 4.74 Å². The number of carbonyl (C=O) groups is 1. The van der Waals surface area contributed by atoms with Gasteiger partial charge in [-0.25, -0.2) is 9.78 Å². The van der Waals surface area contributed by atoms with Gasteiger partial charge in [0.1, 0.15) is 5.82 Å². The molecule has 0 aromatic carbocycles. The van der Waals surface area contributed by atoms with Crippen LogP contribution in [0.15, 0.2) is 12.1 Å². The zero-order valence-corrected chi connectivity index (χ0v) is 12.5. The largest absolute Gasteiger partial charge is 0.465 e. The Kier molecular flexibility index (Phi) is 4.95. The SMILES string of the molecule is CNCC1CCCN(c2ccc(C(=O)OC)c(C)n2)C1. The van der Waals surface area contributed by atoms with Gasteiger partial charge in [-0.05, 0) is 51.4 Å². The van der Waals surface area contributed by atoms with E-state index in [1.54, 1.807) is 0 Å². The molecule has 5 nitrogen and oxygen atoms in total. The zero-order valence-electron chi connectivity index (χ0n) is 12.5. The lowest BCUT2D eigenvalue weighted by Crippen LogP contribution is -2.39. The standard InChI is InChI=1S/C15H23N3O2/c1-11-13(15(19)20-3)6-7-14(17-11)18-8-4-5-12(10-18)9-16-2/h6-7,12,16H,4-5,8-10H2,1-3H3. The minimum atomic E-state index is -0.326. The molecule has 1 aromatic rings. The van der Waals surface area contributed by atoms with E-state index in [4.69, 9.17) is 4.74 Å². The summed E-state index contributed by atoms with van der Waals surface area (Å²) in [6.07, 6.45) is 2.45. The van der Waals surface area contributed by atoms with Crippen LogP contribution in [-0.4, -0.2) is 44.7 Å². The first-order chi connectivity index (χ1) is 9.65. The molecule has 0 amide bonds. The van der Waals surface area contributed by atoms with Crippen molar-refractivity contribution < 1.29 is 9.53 Å². The first kappa shape index (κ1) is 14.8. The predicted molar refractivity (Wildman–Crippen MR) is 79.2 cm³/mol. The van der Waals surface area contributed by atoms with Gasteiger partial charge in [-0.3, -0.25) is 0 Å². The molecule has 1 atom stereocenters. The number of rotatable bonds is 4. The summed E-state index contributed by atoms with van der Waals surface area (Å²) in [5.41, 5.74) is 1.27. The molecule has 0 saturated carbocycles. The highest BCUT2D eigenvalue weighted by Crippen LogP contribution is 2.22. The number of piperidine rings is 1. The van der Waals surface area contributed by atoms with Gasteiger partial charge in [0, 0.05) is 13.1 Å². The maximum atomic E-state index is 11.6. The molecule has 2 heterocycles. The third-order valence-electron chi connectivity index (χ3n) is 3.81. The summed E-state index contributed by atoms with van der Waals surface area (Å²) < 4.78 is 4.75. The van der Waals surface area contributed by atoms with Crippen molar-refractivity contribution in [3.05, 3.63) is 23.4 Å². The third-order valence-corrected chi connectivity index (χ3v) is 3.81. The number of anilines is 1. The maximum Gasteiger partial charge on any atom is 0.339 e. The molecule has 110 valence electrons. The number of aryl methyl sites for hydroxylation is 1. The van der Waals surface area contributed by atoms with Gasteiger partial charge in [0.2, 0.25) is 0 Å². The second kappa shape index (κ2) is 6.70. The Morgan fingerprint density at radius 2 is 2.35 bits per heavy atom. The fraction of sp³-hybridized carbons (Fsp3) is 0.600. The first-order valence-electron chi connectivity index (χ1n) is 7.11. The Hall–Kier alpha value is -1.62. The van der Waals surface area contributed by atoms with Gasteiger partial charge >= 0.3 is 5.97 Å². The Morgan fingerprint density at radius 1 is 1.55 bits per heavy atom. The van der Waals surface area contributed by atoms with Crippen LogP contribution < -0.4 is 10.2 Å². The number of hydrogen-bond acceptors (Lipinski definition) is 5. The van der Waals surface area contributed by atoms with Crippen LogP contribution in [0.5, 0.6) is 0 Å². The van der Waals surface area contributed by atoms with Crippen molar-refractivity contribution in [1.82, 2.24) is 10.3 Å². The van der Waals surface area contributed by atoms with E-state index in [1.807, 2.05) is 26.1 Å². The van der Waals surface area contributed by atoms with Crippen molar-refractivity contribution in [1.29, 1.82) is 0 Å². The maximum absolute atomic E-state index is 11.6. The number of nitrogens with one attached hydrogen (secondary N) is 1. The highest BCUT2D eigenvalue weighted by molar-refractivity contribution is 5.90. The lowest BCUT2D eigenvalue weighted by Gasteiger charge is -2.33. The first-order valence-corrected chi connectivity index (χ1v) is 7.11. The van der Waals surface area contributed by atoms with Gasteiger partial charge in [0.05, 0.1) is 18.4 Å². The number of nitrogens with zero attached hydrogens (tertiary/aromatic N) is 2. The summed E-state index contributed by atoms with van der Waals surface area (Å²) in [7, 11) is 3.38. The van der Waals surface area contributed by atoms with Gasteiger partial charge in [-0.15, -0.1) is 0 Å². The molecule has 0 aliphatic carbocycles. The van der Waals surface area contributed by atoms with Crippen molar-refractivity contribution >= 4 is 11.8 Å². The second-order valence-corrected chi connectivity index (χ2v) is 5.31. The molecular formula is C15H23N3O2. The Labute approximate surface area is 120 Å². The van der Waals surface area contributed by atoms with E-state index < -0.39 is 0 Å². The summed E-state index contributed by atoms with van der Waals surface area (Å²) in [5, 5.41) is 3.24. The van der Waals surface area contributed by atoms with Crippen LogP contribution in [0, 0.1) is 12.8 Å². The lowest BCUT2D eigenvalue weighted by atomic mass is 9.98. The quantitative estimate of drug-likeness (QED) is 0.847. The van der Waals surface area contributed by atoms with E-state index >= 15 is 0 Å². The summed E-state index contributed by atoms with van der Waals surface area (Å²) in [4.78, 5) is 18.4. The average Bonchev–Trinajstić information content (AvgIpc) is 2.47. The number of esters is 1. The molecule has 0 bridgehead atoms. The normalized spacial score (nSPS) is 18.9. The number of carbonyl (C=O) groups excluding carboxylic acids is 1. The minimum absolute atomic E-state index is 0.326. The summed E-state index contributed by atoms with van der Waals surface area (Å²) in [6, 6.07) is 3.73. The number of methoxy groups -OCH3 is 1. The van der Waals surface area contributed by atoms with Crippen molar-refractivity contribution in [3.8, 4) is 0 Å². The molecule has 2 rings (SSSR count). The highest BCUT2D eigenvalue weighted by Gasteiger charge is 2.21. The molecule has 1 unspecified atom stereocenters. The van der Waals surface area contributed by atoms with Crippen molar-refractivity contribution in [2.45, 2.75) is 19.8 Å². The van der Waals surface area contributed by atoms with Crippen LogP contribution in [0.25, 0.3) is 0 Å². The van der Waals surface area contributed by atoms with E-state index in [2.05, 4.69) is 15.2 Å². The topological polar surface area (TPSA) is 54.5 Å². The molecular weight excluding hydrogens is 254 g/mol. The van der Waals surface area contributed by atoms with Crippen LogP contribution in [0.4, 0.5) is 5.82 Å². The minimum Gasteiger partial charge on any atom is -0.465 e. The molecule has 1 aromatic heterocycles. The summed E-state index contributed by atoms with van der Waals surface area (Å²) in [5.74, 6) is 1.29. The number of aromatic nitrogens is 1. The number of pyridine rings is 1. The molecule has 0 radical (unpaired) electrons. The predicted octanol–water partition coefficient (Wildman–Crippen LogP) is 1.61. The molecule has 5 heteroatoms. The molecule has 1 N–H and O–H groups in total. The van der Waals surface area contributed by atoms with E-state index in [0.29, 0.717) is 11.5 Å². The molecule has 1 aliphatic heterocycles. The highest BCUT2D eigenvalue weighted by atomic mass is 16.5. The van der Waals surface area contributed by atoms with Gasteiger partial charge in [-0.2, -0.15) is 0 Å². The molecule has 1 aliphatic rings. The van der Waals surface area contributed by atoms with E-state index in [-0.39, 0.29) is 5.97 Å². The number of hydrogen-bond donors (Lipinski definition) is 1. The van der Waals surface area contributed by atoms with E-state index in [1.165, 1.54) is 20.0 Å². The smallest absolute Gasteiger partial charge is 0.339 e. The molecule has 0 spiro atoms. The molecule has 1 fully saturated rings. The average molecular weight is 277 g/mol. The Balaban J connectivity index is 2.12. The summed E-state index contributed by atoms with van der Waals surface area (Å²) in [6.45, 7) is 4.94. The zero-order chi connectivity index (χ0) is 14.5. The van der Waals surface area contributed by atoms with Gasteiger partial charge in [-0.1, -0.05) is 0 Å². The fourth-order valence-corrected chi connectivity index (χ4v) is 2.78. The van der Waals surface area contributed by atoms with Crippen LogP contribution in [0.3, 0.4) is 0 Å². The van der Waals surface area contributed by atoms with Gasteiger partial charge < -0.3 is 15.0 Å². The lowest BCUT2D eigenvalue weighted by molar-refractivity contribution is 0.0599. The van der Waals surface area contributed by atoms with Crippen LogP contribution >= 0.6 is 0 Å². The summed E-state index contributed by atoms with van der Waals surface area (Å²) >= 11 is 0.